The van der Waals surface area contributed by atoms with Gasteiger partial charge in [0.1, 0.15) is 12.1 Å². The summed E-state index contributed by atoms with van der Waals surface area (Å²) in [6.07, 6.45) is 3.41. The zero-order valence-corrected chi connectivity index (χ0v) is 19.5. The molecule has 1 aliphatic heterocycles. The summed E-state index contributed by atoms with van der Waals surface area (Å²) in [4.78, 5) is 35.7. The van der Waals surface area contributed by atoms with Gasteiger partial charge in [0.05, 0.1) is 46.8 Å². The molecule has 8 nitrogen and oxygen atoms in total. The lowest BCUT2D eigenvalue weighted by molar-refractivity contribution is -0.143. The first-order chi connectivity index (χ1) is 16.5. The molecule has 1 aromatic heterocycles. The molecule has 1 N–H and O–H groups in total. The van der Waals surface area contributed by atoms with Gasteiger partial charge in [-0.15, -0.1) is 0 Å². The van der Waals surface area contributed by atoms with E-state index in [1.54, 1.807) is 42.2 Å². The standard InChI is InChI=1S/C25H24ClN5O3/c1-2-34-23(32)13-21(17-7-5-6-16(10-17)14-27)30-24-19-11-20(26)18(12-22(19)28-15-29-24)25(33)31-8-3-4-9-31/h5-7,10-12,15,21H,2-4,8-9,13H2,1H3,(H,28,29,30). The Bertz CT molecular complexity index is 1270. The van der Waals surface area contributed by atoms with E-state index in [4.69, 9.17) is 16.3 Å². The number of likely N-dealkylation sites (tertiary alicyclic amines) is 1. The molecule has 2 heterocycles. The van der Waals surface area contributed by atoms with Gasteiger partial charge < -0.3 is 15.0 Å². The van der Waals surface area contributed by atoms with Crippen molar-refractivity contribution in [2.24, 2.45) is 0 Å². The minimum Gasteiger partial charge on any atom is -0.466 e. The average molecular weight is 478 g/mol. The number of esters is 1. The Morgan fingerprint density at radius 1 is 1.24 bits per heavy atom. The number of ether oxygens (including phenoxy) is 1. The van der Waals surface area contributed by atoms with Crippen LogP contribution in [0.3, 0.4) is 0 Å². The highest BCUT2D eigenvalue weighted by atomic mass is 35.5. The van der Waals surface area contributed by atoms with Gasteiger partial charge in [-0.2, -0.15) is 5.26 Å². The molecule has 0 aliphatic carbocycles. The number of benzene rings is 2. The Hall–Kier alpha value is -3.70. The summed E-state index contributed by atoms with van der Waals surface area (Å²) in [6, 6.07) is 12.0. The summed E-state index contributed by atoms with van der Waals surface area (Å²) in [5.41, 5.74) is 2.19. The summed E-state index contributed by atoms with van der Waals surface area (Å²) < 4.78 is 5.15. The van der Waals surface area contributed by atoms with Crippen molar-refractivity contribution in [1.29, 1.82) is 5.26 Å². The monoisotopic (exact) mass is 477 g/mol. The maximum atomic E-state index is 12.9. The van der Waals surface area contributed by atoms with Gasteiger partial charge >= 0.3 is 5.97 Å². The molecule has 0 radical (unpaired) electrons. The number of halogens is 1. The van der Waals surface area contributed by atoms with Crippen LogP contribution in [0.4, 0.5) is 5.82 Å². The van der Waals surface area contributed by atoms with Gasteiger partial charge in [-0.3, -0.25) is 9.59 Å². The van der Waals surface area contributed by atoms with Crippen molar-refractivity contribution in [2.75, 3.05) is 25.0 Å². The first-order valence-corrected chi connectivity index (χ1v) is 11.5. The van der Waals surface area contributed by atoms with Crippen molar-refractivity contribution in [3.05, 3.63) is 64.4 Å². The quantitative estimate of drug-likeness (QED) is 0.499. The van der Waals surface area contributed by atoms with Crippen LogP contribution >= 0.6 is 11.6 Å². The minimum absolute atomic E-state index is 0.0352. The van der Waals surface area contributed by atoms with E-state index in [1.807, 2.05) is 6.07 Å². The number of nitrogens with one attached hydrogen (secondary N) is 1. The molecule has 1 unspecified atom stereocenters. The van der Waals surface area contributed by atoms with Crippen LogP contribution in [0.1, 0.15) is 53.7 Å². The normalized spacial score (nSPS) is 14.0. The molecular formula is C25H24ClN5O3. The van der Waals surface area contributed by atoms with Crippen LogP contribution in [0.15, 0.2) is 42.7 Å². The second kappa shape index (κ2) is 10.5. The maximum Gasteiger partial charge on any atom is 0.308 e. The maximum absolute atomic E-state index is 12.9. The second-order valence-corrected chi connectivity index (χ2v) is 8.42. The number of fused-ring (bicyclic) bond motifs is 1. The summed E-state index contributed by atoms with van der Waals surface area (Å²) in [7, 11) is 0. The predicted molar refractivity (Wildman–Crippen MR) is 128 cm³/mol. The van der Waals surface area contributed by atoms with Crippen LogP contribution in [0, 0.1) is 11.3 Å². The fraction of sp³-hybridized carbons (Fsp3) is 0.320. The van der Waals surface area contributed by atoms with Crippen LogP contribution in [0.2, 0.25) is 5.02 Å². The fourth-order valence-electron chi connectivity index (χ4n) is 4.07. The molecule has 1 atom stereocenters. The third kappa shape index (κ3) is 5.10. The number of nitrogens with zero attached hydrogens (tertiary/aromatic N) is 4. The Labute approximate surface area is 202 Å². The van der Waals surface area contributed by atoms with Gasteiger partial charge in [-0.25, -0.2) is 9.97 Å². The van der Waals surface area contributed by atoms with E-state index in [0.717, 1.165) is 31.5 Å². The Kier molecular flexibility index (Phi) is 7.24. The lowest BCUT2D eigenvalue weighted by Crippen LogP contribution is -2.27. The van der Waals surface area contributed by atoms with Crippen LogP contribution < -0.4 is 5.32 Å². The summed E-state index contributed by atoms with van der Waals surface area (Å²) in [5.74, 6) is -0.0213. The molecule has 2 aromatic carbocycles. The predicted octanol–water partition coefficient (Wildman–Crippen LogP) is 4.50. The summed E-state index contributed by atoms with van der Waals surface area (Å²) >= 11 is 6.53. The molecular weight excluding hydrogens is 454 g/mol. The number of anilines is 1. The lowest BCUT2D eigenvalue weighted by atomic mass is 10.0. The summed E-state index contributed by atoms with van der Waals surface area (Å²) in [5, 5.41) is 13.5. The molecule has 4 rings (SSSR count). The average Bonchev–Trinajstić information content (AvgIpc) is 3.38. The molecule has 34 heavy (non-hydrogen) atoms. The first kappa shape index (κ1) is 23.5. The number of amides is 1. The third-order valence-corrected chi connectivity index (χ3v) is 6.07. The van der Waals surface area contributed by atoms with Gasteiger partial charge in [0.15, 0.2) is 0 Å². The zero-order valence-electron chi connectivity index (χ0n) is 18.8. The molecule has 1 fully saturated rings. The van der Waals surface area contributed by atoms with E-state index in [0.29, 0.717) is 32.9 Å². The molecule has 0 bridgehead atoms. The highest BCUT2D eigenvalue weighted by molar-refractivity contribution is 6.34. The van der Waals surface area contributed by atoms with E-state index in [9.17, 15) is 14.9 Å². The SMILES string of the molecule is CCOC(=O)CC(Nc1ncnc2cc(C(=O)N3CCCC3)c(Cl)cc12)c1cccc(C#N)c1. The van der Waals surface area contributed by atoms with Crippen LogP contribution in [-0.4, -0.2) is 46.4 Å². The number of hydrogen-bond acceptors (Lipinski definition) is 7. The highest BCUT2D eigenvalue weighted by Crippen LogP contribution is 2.31. The molecule has 1 aliphatic rings. The number of rotatable bonds is 7. The molecule has 0 spiro atoms. The van der Waals surface area contributed by atoms with Crippen molar-refractivity contribution >= 4 is 40.2 Å². The topological polar surface area (TPSA) is 108 Å². The van der Waals surface area contributed by atoms with Crippen molar-refractivity contribution in [2.45, 2.75) is 32.2 Å². The first-order valence-electron chi connectivity index (χ1n) is 11.2. The molecule has 9 heteroatoms. The van der Waals surface area contributed by atoms with E-state index >= 15 is 0 Å². The van der Waals surface area contributed by atoms with Crippen LogP contribution in [0.25, 0.3) is 10.9 Å². The molecule has 1 amide bonds. The molecule has 0 saturated carbocycles. The van der Waals surface area contributed by atoms with Gasteiger partial charge in [0.25, 0.3) is 5.91 Å². The molecule has 174 valence electrons. The van der Waals surface area contributed by atoms with E-state index in [1.165, 1.54) is 6.33 Å². The lowest BCUT2D eigenvalue weighted by Gasteiger charge is -2.21. The van der Waals surface area contributed by atoms with Crippen molar-refractivity contribution < 1.29 is 14.3 Å². The summed E-state index contributed by atoms with van der Waals surface area (Å²) in [6.45, 7) is 3.46. The largest absolute Gasteiger partial charge is 0.466 e. The fourth-order valence-corrected chi connectivity index (χ4v) is 4.32. The van der Waals surface area contributed by atoms with Crippen LogP contribution in [-0.2, 0) is 9.53 Å². The van der Waals surface area contributed by atoms with Gasteiger partial charge in [0, 0.05) is 18.5 Å². The van der Waals surface area contributed by atoms with Gasteiger partial charge in [-0.05, 0) is 49.6 Å². The minimum atomic E-state index is -0.505. The number of carbonyl (C=O) groups excluding carboxylic acids is 2. The number of carbonyl (C=O) groups is 2. The van der Waals surface area contributed by atoms with Gasteiger partial charge in [-0.1, -0.05) is 23.7 Å². The number of nitriles is 1. The van der Waals surface area contributed by atoms with Gasteiger partial charge in [0.2, 0.25) is 0 Å². The van der Waals surface area contributed by atoms with Crippen molar-refractivity contribution in [1.82, 2.24) is 14.9 Å². The van der Waals surface area contributed by atoms with Crippen molar-refractivity contribution in [3.8, 4) is 6.07 Å². The number of hydrogen-bond donors (Lipinski definition) is 1. The number of aromatic nitrogens is 2. The molecule has 1 saturated heterocycles. The van der Waals surface area contributed by atoms with Crippen LogP contribution in [0.5, 0.6) is 0 Å². The van der Waals surface area contributed by atoms with E-state index < -0.39 is 6.04 Å². The molecule has 3 aromatic rings. The Balaban J connectivity index is 1.70. The second-order valence-electron chi connectivity index (χ2n) is 8.01. The van der Waals surface area contributed by atoms with Crippen molar-refractivity contribution in [3.63, 3.8) is 0 Å². The smallest absolute Gasteiger partial charge is 0.308 e. The highest BCUT2D eigenvalue weighted by Gasteiger charge is 2.24. The Morgan fingerprint density at radius 3 is 2.76 bits per heavy atom. The zero-order chi connectivity index (χ0) is 24.1. The van der Waals surface area contributed by atoms with E-state index in [2.05, 4.69) is 21.4 Å². The van der Waals surface area contributed by atoms with E-state index in [-0.39, 0.29) is 24.9 Å². The Morgan fingerprint density at radius 2 is 2.03 bits per heavy atom. The third-order valence-electron chi connectivity index (χ3n) is 5.75.